The maximum Gasteiger partial charge on any atom is 0.134 e. The van der Waals surface area contributed by atoms with Gasteiger partial charge in [-0.3, -0.25) is 0 Å². The molecular weight excluding hydrogens is 492 g/mol. The van der Waals surface area contributed by atoms with Gasteiger partial charge in [0.25, 0.3) is 0 Å². The molecule has 0 spiro atoms. The monoisotopic (exact) mass is 550 g/mol. The van der Waals surface area contributed by atoms with Crippen LogP contribution in [0.25, 0.3) is 0 Å². The Morgan fingerprint density at radius 3 is 2.02 bits per heavy atom. The van der Waals surface area contributed by atoms with Crippen LogP contribution in [0.1, 0.15) is 132 Å². The molecule has 1 heterocycles. The molecule has 224 valence electrons. The largest absolute Gasteiger partial charge is 0.487 e. The smallest absolute Gasteiger partial charge is 0.134 e. The molecule has 0 radical (unpaired) electrons. The summed E-state index contributed by atoms with van der Waals surface area (Å²) < 4.78 is 13.3. The van der Waals surface area contributed by atoms with Crippen molar-refractivity contribution in [2.45, 2.75) is 151 Å². The average Bonchev–Trinajstić information content (AvgIpc) is 2.84. The third-order valence-electron chi connectivity index (χ3n) is 9.26. The van der Waals surface area contributed by atoms with Crippen molar-refractivity contribution in [1.82, 2.24) is 0 Å². The van der Waals surface area contributed by atoms with Crippen molar-refractivity contribution < 1.29 is 14.6 Å². The highest BCUT2D eigenvalue weighted by atomic mass is 16.5. The predicted molar refractivity (Wildman–Crippen MR) is 170 cm³/mol. The molecule has 1 unspecified atom stereocenters. The Balaban J connectivity index is 1.51. The van der Waals surface area contributed by atoms with Crippen LogP contribution in [0.2, 0.25) is 0 Å². The molecule has 3 atom stereocenters. The first-order chi connectivity index (χ1) is 18.7. The third-order valence-corrected chi connectivity index (χ3v) is 9.26. The molecule has 1 aliphatic heterocycles. The van der Waals surface area contributed by atoms with E-state index in [2.05, 4.69) is 73.6 Å². The van der Waals surface area contributed by atoms with Crippen LogP contribution in [0.3, 0.4) is 0 Å². The number of rotatable bonds is 14. The summed E-state index contributed by atoms with van der Waals surface area (Å²) in [6.45, 7) is 21.8. The van der Waals surface area contributed by atoms with Gasteiger partial charge in [-0.05, 0) is 139 Å². The van der Waals surface area contributed by atoms with E-state index in [9.17, 15) is 5.11 Å². The fraction of sp³-hybridized carbons (Fsp3) is 0.676. The Hall–Kier alpha value is -2.00. The van der Waals surface area contributed by atoms with Crippen molar-refractivity contribution in [2.24, 2.45) is 11.8 Å². The summed E-state index contributed by atoms with van der Waals surface area (Å²) >= 11 is 0. The molecule has 0 fully saturated rings. The normalized spacial score (nSPS) is 18.7. The zero-order chi connectivity index (χ0) is 29.7. The lowest BCUT2D eigenvalue weighted by atomic mass is 9.83. The van der Waals surface area contributed by atoms with Crippen molar-refractivity contribution in [2.75, 3.05) is 0 Å². The van der Waals surface area contributed by atoms with Crippen LogP contribution in [0.4, 0.5) is 0 Å². The maximum absolute atomic E-state index is 9.92. The quantitative estimate of drug-likeness (QED) is 0.254. The summed E-state index contributed by atoms with van der Waals surface area (Å²) in [7, 11) is 0. The Morgan fingerprint density at radius 2 is 1.43 bits per heavy atom. The Kier molecular flexibility index (Phi) is 11.2. The number of hydrogen-bond donors (Lipinski definition) is 1. The van der Waals surface area contributed by atoms with Crippen LogP contribution < -0.4 is 9.47 Å². The predicted octanol–water partition coefficient (Wildman–Crippen LogP) is 10.7. The van der Waals surface area contributed by atoms with Gasteiger partial charge in [0.1, 0.15) is 22.8 Å². The number of benzene rings is 2. The van der Waals surface area contributed by atoms with Gasteiger partial charge in [-0.2, -0.15) is 0 Å². The zero-order valence-electron chi connectivity index (χ0n) is 27.4. The summed E-state index contributed by atoms with van der Waals surface area (Å²) in [5.41, 5.74) is 6.78. The van der Waals surface area contributed by atoms with Crippen LogP contribution in [-0.4, -0.2) is 16.3 Å². The lowest BCUT2D eigenvalue weighted by Crippen LogP contribution is -2.37. The van der Waals surface area contributed by atoms with E-state index in [4.69, 9.17) is 9.47 Å². The molecule has 0 aromatic heterocycles. The highest BCUT2D eigenvalue weighted by Crippen LogP contribution is 2.46. The highest BCUT2D eigenvalue weighted by molar-refractivity contribution is 5.60. The molecule has 0 bridgehead atoms. The van der Waals surface area contributed by atoms with Gasteiger partial charge < -0.3 is 14.6 Å². The second-order valence-electron chi connectivity index (χ2n) is 14.2. The van der Waals surface area contributed by atoms with Crippen LogP contribution in [0, 0.1) is 46.5 Å². The molecule has 0 aliphatic carbocycles. The van der Waals surface area contributed by atoms with E-state index in [1.54, 1.807) is 0 Å². The van der Waals surface area contributed by atoms with Gasteiger partial charge in [0, 0.05) is 5.56 Å². The summed E-state index contributed by atoms with van der Waals surface area (Å²) in [6.07, 6.45) is 12.9. The average molecular weight is 551 g/mol. The van der Waals surface area contributed by atoms with E-state index in [0.717, 1.165) is 61.2 Å². The minimum atomic E-state index is -0.524. The first-order valence-corrected chi connectivity index (χ1v) is 16.0. The molecule has 3 nitrogen and oxygen atoms in total. The van der Waals surface area contributed by atoms with Crippen molar-refractivity contribution in [3.05, 3.63) is 51.6 Å². The lowest BCUT2D eigenvalue weighted by molar-refractivity contribution is 0.0512. The molecule has 40 heavy (non-hydrogen) atoms. The Labute approximate surface area is 246 Å². The van der Waals surface area contributed by atoms with Crippen molar-refractivity contribution in [3.8, 4) is 17.2 Å². The molecule has 2 aromatic carbocycles. The summed E-state index contributed by atoms with van der Waals surface area (Å²) in [4.78, 5) is 0. The minimum absolute atomic E-state index is 0.0958. The zero-order valence-corrected chi connectivity index (χ0v) is 27.4. The van der Waals surface area contributed by atoms with E-state index in [1.807, 2.05) is 13.8 Å². The summed E-state index contributed by atoms with van der Waals surface area (Å²) in [6, 6.07) is 6.43. The van der Waals surface area contributed by atoms with Gasteiger partial charge in [-0.15, -0.1) is 0 Å². The topological polar surface area (TPSA) is 38.7 Å². The maximum atomic E-state index is 9.92. The molecular formula is C37H58O3. The van der Waals surface area contributed by atoms with Gasteiger partial charge in [-0.25, -0.2) is 0 Å². The molecule has 3 rings (SSSR count). The third kappa shape index (κ3) is 9.26. The summed E-state index contributed by atoms with van der Waals surface area (Å²) in [5.74, 6) is 4.53. The molecule has 0 saturated carbocycles. The Bertz CT molecular complexity index is 1110. The van der Waals surface area contributed by atoms with Crippen molar-refractivity contribution in [3.63, 3.8) is 0 Å². The van der Waals surface area contributed by atoms with Crippen LogP contribution in [0.5, 0.6) is 17.2 Å². The molecule has 0 amide bonds. The van der Waals surface area contributed by atoms with E-state index in [1.165, 1.54) is 71.9 Å². The first-order valence-electron chi connectivity index (χ1n) is 16.0. The summed E-state index contributed by atoms with van der Waals surface area (Å²) in [5, 5.41) is 9.92. The van der Waals surface area contributed by atoms with Crippen molar-refractivity contribution in [1.29, 1.82) is 0 Å². The van der Waals surface area contributed by atoms with E-state index < -0.39 is 5.60 Å². The van der Waals surface area contributed by atoms with Gasteiger partial charge >= 0.3 is 0 Å². The molecule has 3 heteroatoms. The Morgan fingerprint density at radius 1 is 0.850 bits per heavy atom. The van der Waals surface area contributed by atoms with Crippen molar-refractivity contribution >= 4 is 0 Å². The number of ether oxygens (including phenoxy) is 2. The first kappa shape index (κ1) is 32.5. The van der Waals surface area contributed by atoms with Crippen LogP contribution >= 0.6 is 0 Å². The second-order valence-corrected chi connectivity index (χ2v) is 14.2. The van der Waals surface area contributed by atoms with E-state index >= 15 is 0 Å². The molecule has 2 aromatic rings. The molecule has 1 aliphatic rings. The molecule has 0 saturated heterocycles. The fourth-order valence-electron chi connectivity index (χ4n) is 6.53. The number of hydrogen-bond acceptors (Lipinski definition) is 3. The van der Waals surface area contributed by atoms with Gasteiger partial charge in [-0.1, -0.05) is 58.4 Å². The van der Waals surface area contributed by atoms with Gasteiger partial charge in [0.2, 0.25) is 0 Å². The van der Waals surface area contributed by atoms with Gasteiger partial charge in [0.15, 0.2) is 0 Å². The SMILES string of the molecule is Cc1cc(C)cc(Oc2c(C)c(C)c3c(c2C)CCC(C)(CCC[C@H](C)CCC[C@H](C)CCCC(C)(C)O)O3)c1. The highest BCUT2D eigenvalue weighted by Gasteiger charge is 2.34. The second kappa shape index (κ2) is 13.8. The number of aryl methyl sites for hydroxylation is 2. The minimum Gasteiger partial charge on any atom is -0.487 e. The number of fused-ring (bicyclic) bond motifs is 1. The van der Waals surface area contributed by atoms with Crippen LogP contribution in [-0.2, 0) is 6.42 Å². The van der Waals surface area contributed by atoms with Gasteiger partial charge in [0.05, 0.1) is 5.60 Å². The lowest BCUT2D eigenvalue weighted by Gasteiger charge is -2.38. The molecule has 1 N–H and O–H groups in total. The number of aliphatic hydroxyl groups is 1. The van der Waals surface area contributed by atoms with E-state index in [0.29, 0.717) is 0 Å². The fourth-order valence-corrected chi connectivity index (χ4v) is 6.53. The van der Waals surface area contributed by atoms with Crippen LogP contribution in [0.15, 0.2) is 18.2 Å². The standard InChI is InChI=1S/C37H58O3/c1-25(16-12-19-36(8,9)38)14-11-15-26(2)17-13-20-37(10)21-18-33-31(7)34(29(5)30(6)35(33)40-37)39-32-23-27(3)22-28(4)24-32/h22-26,38H,11-21H2,1-10H3/t25-,26+,37?/m0/s1. The van der Waals surface area contributed by atoms with E-state index in [-0.39, 0.29) is 5.60 Å².